The minimum absolute atomic E-state index is 0.0892. The van der Waals surface area contributed by atoms with Crippen molar-refractivity contribution in [1.29, 1.82) is 0 Å². The Balaban J connectivity index is 1.65. The number of anilines is 1. The van der Waals surface area contributed by atoms with Crippen LogP contribution >= 0.6 is 15.9 Å². The summed E-state index contributed by atoms with van der Waals surface area (Å²) in [5.41, 5.74) is -0.405. The Morgan fingerprint density at radius 3 is 2.69 bits per heavy atom. The van der Waals surface area contributed by atoms with Gasteiger partial charge in [0.05, 0.1) is 17.9 Å². The number of hydrogen-bond acceptors (Lipinski definition) is 5. The molecule has 32 heavy (non-hydrogen) atoms. The van der Waals surface area contributed by atoms with Gasteiger partial charge in [0, 0.05) is 30.2 Å². The van der Waals surface area contributed by atoms with Crippen molar-refractivity contribution in [3.05, 3.63) is 30.3 Å². The summed E-state index contributed by atoms with van der Waals surface area (Å²) in [5.74, 6) is -2.21. The number of benzene rings is 1. The summed E-state index contributed by atoms with van der Waals surface area (Å²) in [6.07, 6.45) is 2.13. The van der Waals surface area contributed by atoms with Crippen molar-refractivity contribution in [2.24, 2.45) is 11.8 Å². The molecule has 3 heterocycles. The predicted molar refractivity (Wildman–Crippen MR) is 122 cm³/mol. The Morgan fingerprint density at radius 2 is 2.00 bits per heavy atom. The van der Waals surface area contributed by atoms with E-state index >= 15 is 0 Å². The number of carbonyl (C=O) groups excluding carboxylic acids is 3. The zero-order valence-electron chi connectivity index (χ0n) is 18.1. The molecule has 3 saturated heterocycles. The molecule has 1 aromatic rings. The smallest absolute Gasteiger partial charge is 0.245 e. The second-order valence-corrected chi connectivity index (χ2v) is 9.95. The van der Waals surface area contributed by atoms with Gasteiger partial charge in [-0.3, -0.25) is 14.4 Å². The molecule has 3 N–H and O–H groups in total. The number of aliphatic hydroxyl groups is 1. The fourth-order valence-corrected chi connectivity index (χ4v) is 6.39. The first-order valence-electron chi connectivity index (χ1n) is 11.3. The van der Waals surface area contributed by atoms with Crippen LogP contribution in [0, 0.1) is 11.8 Å². The van der Waals surface area contributed by atoms with Crippen molar-refractivity contribution in [1.82, 2.24) is 10.2 Å². The predicted octanol–water partition coefficient (Wildman–Crippen LogP) is 1.67. The number of likely N-dealkylation sites (tertiary alicyclic amines) is 1. The number of amides is 3. The van der Waals surface area contributed by atoms with E-state index in [1.165, 1.54) is 4.90 Å². The normalized spacial score (nSPS) is 32.8. The van der Waals surface area contributed by atoms with Crippen LogP contribution in [0.25, 0.3) is 0 Å². The Hall–Kier alpha value is -1.97. The Morgan fingerprint density at radius 1 is 1.25 bits per heavy atom. The van der Waals surface area contributed by atoms with Crippen LogP contribution in [0.15, 0.2) is 30.3 Å². The second kappa shape index (κ2) is 9.49. The van der Waals surface area contributed by atoms with E-state index in [4.69, 9.17) is 4.74 Å². The maximum atomic E-state index is 13.6. The third kappa shape index (κ3) is 3.84. The van der Waals surface area contributed by atoms with Crippen LogP contribution in [0.5, 0.6) is 0 Å². The van der Waals surface area contributed by atoms with Crippen molar-refractivity contribution >= 4 is 39.3 Å². The molecule has 3 amide bonds. The molecule has 4 rings (SSSR count). The summed E-state index contributed by atoms with van der Waals surface area (Å²) >= 11 is 3.65. The van der Waals surface area contributed by atoms with Gasteiger partial charge in [0.15, 0.2) is 0 Å². The molecule has 9 heteroatoms. The molecule has 3 unspecified atom stereocenters. The largest absolute Gasteiger partial charge is 0.396 e. The number of unbranched alkanes of at least 4 members (excludes halogenated alkanes) is 1. The molecular formula is C23H30BrN3O5. The van der Waals surface area contributed by atoms with Crippen LogP contribution in [0.1, 0.15) is 32.6 Å². The molecule has 0 aromatic heterocycles. The average Bonchev–Trinajstić information content (AvgIpc) is 3.36. The van der Waals surface area contributed by atoms with Gasteiger partial charge in [-0.05, 0) is 31.4 Å². The van der Waals surface area contributed by atoms with E-state index in [2.05, 4.69) is 26.6 Å². The summed E-state index contributed by atoms with van der Waals surface area (Å²) < 4.78 is 6.39. The third-order valence-corrected chi connectivity index (χ3v) is 7.61. The highest BCUT2D eigenvalue weighted by Gasteiger charge is 2.76. The van der Waals surface area contributed by atoms with E-state index < -0.39 is 29.6 Å². The molecule has 0 saturated carbocycles. The molecule has 174 valence electrons. The first kappa shape index (κ1) is 23.2. The van der Waals surface area contributed by atoms with Gasteiger partial charge in [-0.15, -0.1) is 0 Å². The molecule has 2 bridgehead atoms. The van der Waals surface area contributed by atoms with E-state index in [9.17, 15) is 19.5 Å². The number of ether oxygens (including phenoxy) is 1. The molecule has 3 aliphatic heterocycles. The van der Waals surface area contributed by atoms with Gasteiger partial charge in [-0.2, -0.15) is 0 Å². The lowest BCUT2D eigenvalue weighted by atomic mass is 9.70. The molecule has 3 fully saturated rings. The maximum Gasteiger partial charge on any atom is 0.245 e. The summed E-state index contributed by atoms with van der Waals surface area (Å²) in [6, 6.07) is 8.29. The molecular weight excluding hydrogens is 478 g/mol. The zero-order valence-corrected chi connectivity index (χ0v) is 19.7. The number of halogens is 1. The number of fused-ring (bicyclic) bond motifs is 1. The van der Waals surface area contributed by atoms with Crippen LogP contribution in [0.3, 0.4) is 0 Å². The number of para-hydroxylation sites is 1. The van der Waals surface area contributed by atoms with Gasteiger partial charge in [-0.1, -0.05) is 47.5 Å². The number of nitrogens with zero attached hydrogens (tertiary/aromatic N) is 1. The van der Waals surface area contributed by atoms with Crippen LogP contribution in [-0.2, 0) is 19.1 Å². The summed E-state index contributed by atoms with van der Waals surface area (Å²) in [7, 11) is 0. The minimum atomic E-state index is -1.06. The number of aliphatic hydroxyl groups excluding tert-OH is 1. The van der Waals surface area contributed by atoms with E-state index in [-0.39, 0.29) is 35.7 Å². The highest BCUT2D eigenvalue weighted by Crippen LogP contribution is 2.60. The molecule has 6 atom stereocenters. The number of hydrogen-bond donors (Lipinski definition) is 3. The molecule has 1 spiro atoms. The highest BCUT2D eigenvalue weighted by atomic mass is 79.9. The van der Waals surface area contributed by atoms with Gasteiger partial charge < -0.3 is 25.4 Å². The summed E-state index contributed by atoms with van der Waals surface area (Å²) in [5, 5.41) is 15.2. The van der Waals surface area contributed by atoms with Crippen LogP contribution < -0.4 is 10.6 Å². The van der Waals surface area contributed by atoms with Crippen molar-refractivity contribution in [2.45, 2.75) is 55.2 Å². The van der Waals surface area contributed by atoms with E-state index in [1.54, 1.807) is 12.1 Å². The average molecular weight is 508 g/mol. The van der Waals surface area contributed by atoms with Gasteiger partial charge in [0.2, 0.25) is 17.7 Å². The zero-order chi connectivity index (χ0) is 22.9. The minimum Gasteiger partial charge on any atom is -0.396 e. The van der Waals surface area contributed by atoms with Gasteiger partial charge in [0.1, 0.15) is 11.6 Å². The number of rotatable bonds is 9. The number of nitrogens with one attached hydrogen (secondary N) is 2. The summed E-state index contributed by atoms with van der Waals surface area (Å²) in [6.45, 7) is 2.72. The Bertz CT molecular complexity index is 868. The topological polar surface area (TPSA) is 108 Å². The highest BCUT2D eigenvalue weighted by molar-refractivity contribution is 9.09. The van der Waals surface area contributed by atoms with E-state index in [0.29, 0.717) is 25.1 Å². The fraction of sp³-hybridized carbons (Fsp3) is 0.609. The van der Waals surface area contributed by atoms with Crippen LogP contribution in [0.2, 0.25) is 0 Å². The first-order valence-corrected chi connectivity index (χ1v) is 12.2. The van der Waals surface area contributed by atoms with E-state index in [0.717, 1.165) is 12.8 Å². The molecule has 8 nitrogen and oxygen atoms in total. The third-order valence-electron chi connectivity index (χ3n) is 6.77. The monoisotopic (exact) mass is 507 g/mol. The lowest BCUT2D eigenvalue weighted by molar-refractivity contribution is -0.141. The van der Waals surface area contributed by atoms with Gasteiger partial charge in [0.25, 0.3) is 0 Å². The quantitative estimate of drug-likeness (QED) is 0.348. The van der Waals surface area contributed by atoms with Gasteiger partial charge in [-0.25, -0.2) is 0 Å². The lowest BCUT2D eigenvalue weighted by Crippen LogP contribution is -2.56. The second-order valence-electron chi connectivity index (χ2n) is 8.77. The molecule has 1 aromatic carbocycles. The van der Waals surface area contributed by atoms with Crippen molar-refractivity contribution in [3.8, 4) is 0 Å². The molecule has 0 aliphatic carbocycles. The molecule has 0 radical (unpaired) electrons. The van der Waals surface area contributed by atoms with Crippen molar-refractivity contribution in [3.63, 3.8) is 0 Å². The summed E-state index contributed by atoms with van der Waals surface area (Å²) in [4.78, 5) is 41.6. The number of alkyl halides is 1. The van der Waals surface area contributed by atoms with E-state index in [1.807, 2.05) is 25.1 Å². The Kier molecular flexibility index (Phi) is 6.88. The molecule has 3 aliphatic rings. The van der Waals surface area contributed by atoms with Crippen molar-refractivity contribution < 1.29 is 24.2 Å². The fourth-order valence-electron chi connectivity index (χ4n) is 5.44. The SMILES string of the molecule is CCCCNC(=O)C1N(CCCO)C(=O)[C@@H]2[C@@H](C(=O)Nc3ccccc3)[C@@H]3OC12CC3Br. The first-order chi connectivity index (χ1) is 15.4. The Labute approximate surface area is 196 Å². The van der Waals surface area contributed by atoms with Crippen LogP contribution in [-0.4, -0.2) is 70.0 Å². The standard InChI is InChI=1S/C23H30BrN3O5/c1-2-3-10-25-21(30)19-23-13-15(24)18(32-23)16(17(23)22(31)27(19)11-7-12-28)20(29)26-14-8-5-4-6-9-14/h4-6,8-9,15-19,28H,2-3,7,10-13H2,1H3,(H,25,30)(H,26,29)/t15?,16-,17+,18-,19?,23?/m1/s1. The number of carbonyl (C=O) groups is 3. The lowest BCUT2D eigenvalue weighted by Gasteiger charge is -2.34. The van der Waals surface area contributed by atoms with Crippen molar-refractivity contribution in [2.75, 3.05) is 25.0 Å². The maximum absolute atomic E-state index is 13.6. The van der Waals surface area contributed by atoms with Gasteiger partial charge >= 0.3 is 0 Å². The van der Waals surface area contributed by atoms with Crippen LogP contribution in [0.4, 0.5) is 5.69 Å².